The second kappa shape index (κ2) is 8.84. The number of rotatable bonds is 8. The van der Waals surface area contributed by atoms with E-state index in [4.69, 9.17) is 11.6 Å². The number of halogens is 1. The van der Waals surface area contributed by atoms with Gasteiger partial charge >= 0.3 is 0 Å². The predicted molar refractivity (Wildman–Crippen MR) is 101 cm³/mol. The Balaban J connectivity index is 1.76. The van der Waals surface area contributed by atoms with Crippen LogP contribution in [0.15, 0.2) is 48.9 Å². The first kappa shape index (κ1) is 18.5. The second-order valence-corrected chi connectivity index (χ2v) is 6.96. The molecule has 0 aliphatic carbocycles. The number of benzene rings is 1. The van der Waals surface area contributed by atoms with Crippen LogP contribution in [0.2, 0.25) is 5.02 Å². The van der Waals surface area contributed by atoms with Crippen molar-refractivity contribution in [3.05, 3.63) is 70.9 Å². The van der Waals surface area contributed by atoms with Gasteiger partial charge in [0.1, 0.15) is 0 Å². The molecule has 0 bridgehead atoms. The predicted octanol–water partition coefficient (Wildman–Crippen LogP) is 5.26. The summed E-state index contributed by atoms with van der Waals surface area (Å²) in [5.74, 6) is 0.567. The molecule has 2 aromatic rings. The van der Waals surface area contributed by atoms with Gasteiger partial charge in [-0.05, 0) is 56.7 Å². The molecular formula is C20H26ClN3. The maximum absolute atomic E-state index is 5.92. The molecule has 0 amide bonds. The van der Waals surface area contributed by atoms with Crippen molar-refractivity contribution in [3.63, 3.8) is 0 Å². The van der Waals surface area contributed by atoms with Crippen molar-refractivity contribution in [3.8, 4) is 0 Å². The van der Waals surface area contributed by atoms with Gasteiger partial charge in [0.15, 0.2) is 0 Å². The molecule has 0 aliphatic rings. The van der Waals surface area contributed by atoms with E-state index in [0.717, 1.165) is 41.4 Å². The zero-order valence-electron chi connectivity index (χ0n) is 14.7. The van der Waals surface area contributed by atoms with Gasteiger partial charge in [0.25, 0.3) is 0 Å². The van der Waals surface area contributed by atoms with Crippen LogP contribution < -0.4 is 5.32 Å². The lowest BCUT2D eigenvalue weighted by Crippen LogP contribution is -2.20. The molecule has 1 aromatic heterocycles. The third-order valence-electron chi connectivity index (χ3n) is 4.10. The number of hydrogen-bond acceptors (Lipinski definition) is 3. The highest BCUT2D eigenvalue weighted by molar-refractivity contribution is 6.30. The topological polar surface area (TPSA) is 37.8 Å². The van der Waals surface area contributed by atoms with Crippen molar-refractivity contribution in [2.75, 3.05) is 0 Å². The zero-order valence-corrected chi connectivity index (χ0v) is 15.5. The molecular weight excluding hydrogens is 318 g/mol. The molecule has 0 saturated heterocycles. The number of nitrogens with one attached hydrogen (secondary N) is 1. The molecule has 0 radical (unpaired) electrons. The van der Waals surface area contributed by atoms with Crippen LogP contribution in [0.1, 0.15) is 49.7 Å². The maximum Gasteiger partial charge on any atom is 0.0806 e. The highest BCUT2D eigenvalue weighted by atomic mass is 35.5. The first-order chi connectivity index (χ1) is 11.4. The normalized spacial score (nSPS) is 13.3. The van der Waals surface area contributed by atoms with Gasteiger partial charge in [0.2, 0.25) is 0 Å². The average Bonchev–Trinajstić information content (AvgIpc) is 2.54. The fourth-order valence-corrected chi connectivity index (χ4v) is 2.78. The lowest BCUT2D eigenvalue weighted by Gasteiger charge is -2.19. The standard InChI is InChI=1S/C20H26ClN3/c1-14(5-6-18-7-9-19(21)10-8-18)11-15(2)24-17(4)20-13-22-16(3)12-23-20/h7-10,12-14,17,24H,2,5-6,11H2,1,3-4H3. The number of nitrogens with zero attached hydrogens (tertiary/aromatic N) is 2. The lowest BCUT2D eigenvalue weighted by molar-refractivity contribution is 0.495. The van der Waals surface area contributed by atoms with Gasteiger partial charge in [-0.25, -0.2) is 0 Å². The number of aromatic nitrogens is 2. The summed E-state index contributed by atoms with van der Waals surface area (Å²) in [6.45, 7) is 10.5. The van der Waals surface area contributed by atoms with Crippen LogP contribution in [-0.4, -0.2) is 9.97 Å². The van der Waals surface area contributed by atoms with Crippen molar-refractivity contribution in [2.45, 2.75) is 46.1 Å². The Morgan fingerprint density at radius 1 is 1.17 bits per heavy atom. The SMILES string of the molecule is C=C(CC(C)CCc1ccc(Cl)cc1)NC(C)c1cnc(C)cn1. The fourth-order valence-electron chi connectivity index (χ4n) is 2.65. The van der Waals surface area contributed by atoms with E-state index >= 15 is 0 Å². The van der Waals surface area contributed by atoms with Crippen LogP contribution in [0.4, 0.5) is 0 Å². The van der Waals surface area contributed by atoms with E-state index in [1.54, 1.807) is 6.20 Å². The molecule has 24 heavy (non-hydrogen) atoms. The van der Waals surface area contributed by atoms with Gasteiger partial charge in [-0.15, -0.1) is 0 Å². The van der Waals surface area contributed by atoms with E-state index in [9.17, 15) is 0 Å². The molecule has 0 aliphatic heterocycles. The molecule has 2 unspecified atom stereocenters. The fraction of sp³-hybridized carbons (Fsp3) is 0.400. The van der Waals surface area contributed by atoms with Gasteiger partial charge in [0, 0.05) is 16.9 Å². The second-order valence-electron chi connectivity index (χ2n) is 6.53. The first-order valence-electron chi connectivity index (χ1n) is 8.41. The van der Waals surface area contributed by atoms with E-state index in [-0.39, 0.29) is 6.04 Å². The van der Waals surface area contributed by atoms with Crippen molar-refractivity contribution in [1.29, 1.82) is 0 Å². The molecule has 2 rings (SSSR count). The molecule has 128 valence electrons. The molecule has 1 heterocycles. The third kappa shape index (κ3) is 5.97. The van der Waals surface area contributed by atoms with Crippen LogP contribution in [0.3, 0.4) is 0 Å². The Bertz CT molecular complexity index is 650. The van der Waals surface area contributed by atoms with Gasteiger partial charge in [-0.1, -0.05) is 37.2 Å². The smallest absolute Gasteiger partial charge is 0.0806 e. The van der Waals surface area contributed by atoms with Crippen molar-refractivity contribution in [1.82, 2.24) is 15.3 Å². The number of aryl methyl sites for hydroxylation is 2. The maximum atomic E-state index is 5.92. The zero-order chi connectivity index (χ0) is 17.5. The molecule has 0 saturated carbocycles. The minimum absolute atomic E-state index is 0.120. The van der Waals surface area contributed by atoms with Gasteiger partial charge in [0.05, 0.1) is 23.6 Å². The van der Waals surface area contributed by atoms with E-state index in [0.29, 0.717) is 5.92 Å². The molecule has 1 N–H and O–H groups in total. The van der Waals surface area contributed by atoms with E-state index in [1.807, 2.05) is 25.3 Å². The Kier molecular flexibility index (Phi) is 6.80. The van der Waals surface area contributed by atoms with Crippen molar-refractivity contribution >= 4 is 11.6 Å². The highest BCUT2D eigenvalue weighted by Crippen LogP contribution is 2.19. The monoisotopic (exact) mass is 343 g/mol. The Morgan fingerprint density at radius 2 is 1.88 bits per heavy atom. The summed E-state index contributed by atoms with van der Waals surface area (Å²) in [5, 5.41) is 4.23. The van der Waals surface area contributed by atoms with Gasteiger partial charge < -0.3 is 5.32 Å². The highest BCUT2D eigenvalue weighted by Gasteiger charge is 2.10. The molecule has 0 fully saturated rings. The summed E-state index contributed by atoms with van der Waals surface area (Å²) >= 11 is 5.92. The van der Waals surface area contributed by atoms with Crippen LogP contribution in [0, 0.1) is 12.8 Å². The Morgan fingerprint density at radius 3 is 2.50 bits per heavy atom. The third-order valence-corrected chi connectivity index (χ3v) is 4.35. The molecule has 4 heteroatoms. The minimum atomic E-state index is 0.120. The number of hydrogen-bond donors (Lipinski definition) is 1. The van der Waals surface area contributed by atoms with Crippen molar-refractivity contribution < 1.29 is 0 Å². The molecule has 3 nitrogen and oxygen atoms in total. The summed E-state index contributed by atoms with van der Waals surface area (Å²) < 4.78 is 0. The summed E-state index contributed by atoms with van der Waals surface area (Å²) in [6.07, 6.45) is 6.76. The van der Waals surface area contributed by atoms with Gasteiger partial charge in [-0.3, -0.25) is 9.97 Å². The first-order valence-corrected chi connectivity index (χ1v) is 8.79. The van der Waals surface area contributed by atoms with E-state index in [1.165, 1.54) is 5.56 Å². The number of allylic oxidation sites excluding steroid dienone is 1. The van der Waals surface area contributed by atoms with Gasteiger partial charge in [-0.2, -0.15) is 0 Å². The van der Waals surface area contributed by atoms with E-state index in [2.05, 4.69) is 47.8 Å². The summed E-state index contributed by atoms with van der Waals surface area (Å²) in [6, 6.07) is 8.22. The summed E-state index contributed by atoms with van der Waals surface area (Å²) in [7, 11) is 0. The van der Waals surface area contributed by atoms with Crippen LogP contribution in [0.25, 0.3) is 0 Å². The molecule has 1 aromatic carbocycles. The van der Waals surface area contributed by atoms with Crippen LogP contribution in [0.5, 0.6) is 0 Å². The van der Waals surface area contributed by atoms with Crippen molar-refractivity contribution in [2.24, 2.45) is 5.92 Å². The van der Waals surface area contributed by atoms with Crippen LogP contribution >= 0.6 is 11.6 Å². The molecule has 0 spiro atoms. The minimum Gasteiger partial charge on any atom is -0.381 e. The summed E-state index contributed by atoms with van der Waals surface area (Å²) in [5.41, 5.74) is 4.25. The average molecular weight is 344 g/mol. The Labute approximate surface area is 150 Å². The quantitative estimate of drug-likeness (QED) is 0.710. The Hall–Kier alpha value is -1.87. The van der Waals surface area contributed by atoms with E-state index < -0.39 is 0 Å². The molecule has 2 atom stereocenters. The lowest BCUT2D eigenvalue weighted by atomic mass is 9.97. The largest absolute Gasteiger partial charge is 0.381 e. The van der Waals surface area contributed by atoms with Crippen LogP contribution in [-0.2, 0) is 6.42 Å². The summed E-state index contributed by atoms with van der Waals surface area (Å²) in [4.78, 5) is 8.71.